The first-order valence-electron chi connectivity index (χ1n) is 10.5. The topological polar surface area (TPSA) is 197 Å². The van der Waals surface area contributed by atoms with Crippen molar-refractivity contribution in [2.75, 3.05) is 18.6 Å². The molecule has 2 aliphatic rings. The first kappa shape index (κ1) is 24.4. The molecule has 5 N–H and O–H groups in total. The number of nitrogen functional groups attached to an aromatic ring is 2. The molecule has 3 aromatic heterocycles. The number of hydrogen-bond donors (Lipinski definition) is 3. The van der Waals surface area contributed by atoms with E-state index in [1.54, 1.807) is 34.5 Å². The highest BCUT2D eigenvalue weighted by Crippen LogP contribution is 2.51. The smallest absolute Gasteiger partial charge is 0.313 e. The molecule has 2 aliphatic heterocycles. The fraction of sp³-hybridized carbons (Fsp3) is 0.250. The molecule has 2 amide bonds. The second-order valence-corrected chi connectivity index (χ2v) is 9.99. The van der Waals surface area contributed by atoms with Crippen molar-refractivity contribution in [3.63, 3.8) is 0 Å². The largest absolute Gasteiger partial charge is 0.543 e. The molecular weight excluding hydrogens is 529 g/mol. The maximum absolute atomic E-state index is 13.8. The van der Waals surface area contributed by atoms with Crippen LogP contribution in [-0.2, 0) is 25.8 Å². The number of aliphatic carboxylic acids is 1. The molecule has 192 valence electrons. The molecule has 0 aromatic carbocycles. The number of nitrogens with zero attached hydrogens (tertiary/aromatic N) is 6. The second kappa shape index (κ2) is 9.32. The Kier molecular flexibility index (Phi) is 6.16. The predicted octanol–water partition coefficient (Wildman–Crippen LogP) is -1.68. The Morgan fingerprint density at radius 1 is 1.38 bits per heavy atom. The van der Waals surface area contributed by atoms with Gasteiger partial charge >= 0.3 is 17.5 Å². The minimum Gasteiger partial charge on any atom is -0.543 e. The average Bonchev–Trinajstić information content (AvgIpc) is 3.53. The van der Waals surface area contributed by atoms with Crippen molar-refractivity contribution in [2.24, 2.45) is 5.16 Å². The summed E-state index contributed by atoms with van der Waals surface area (Å²) < 4.78 is 17.0. The maximum Gasteiger partial charge on any atom is 0.313 e. The lowest BCUT2D eigenvalue weighted by atomic mass is 9.99. The fourth-order valence-corrected chi connectivity index (χ4v) is 6.43. The van der Waals surface area contributed by atoms with Gasteiger partial charge < -0.3 is 31.5 Å². The number of thioether (sulfide) groups is 1. The third-order valence-electron chi connectivity index (χ3n) is 5.75. The first-order chi connectivity index (χ1) is 17.7. The Labute approximate surface area is 215 Å². The Morgan fingerprint density at radius 2 is 2.16 bits per heavy atom. The van der Waals surface area contributed by atoms with Gasteiger partial charge in [-0.15, -0.1) is 23.1 Å². The van der Waals surface area contributed by atoms with Crippen LogP contribution in [0.25, 0.3) is 5.65 Å². The van der Waals surface area contributed by atoms with Crippen LogP contribution in [0.5, 0.6) is 0 Å². The van der Waals surface area contributed by atoms with Crippen LogP contribution >= 0.6 is 23.1 Å². The van der Waals surface area contributed by atoms with Gasteiger partial charge in [0.2, 0.25) is 5.82 Å². The molecule has 17 heteroatoms. The van der Waals surface area contributed by atoms with Crippen LogP contribution in [0.4, 0.5) is 15.3 Å². The summed E-state index contributed by atoms with van der Waals surface area (Å²) >= 11 is 2.33. The molecule has 14 nitrogen and oxygen atoms in total. The lowest BCUT2D eigenvalue weighted by Crippen LogP contribution is -2.71. The molecular formula is C20H18FN9O5S2. The monoisotopic (exact) mass is 547 g/mol. The Balaban J connectivity index is 1.58. The average molecular weight is 548 g/mol. The number of amides is 2. The van der Waals surface area contributed by atoms with Crippen molar-refractivity contribution in [2.45, 2.75) is 23.2 Å². The van der Waals surface area contributed by atoms with E-state index in [1.807, 2.05) is 0 Å². The molecule has 5 heterocycles. The SMILES string of the molecule is CON=C(F)C(=O)NC1C(=O)N2C(C(=O)[O-])=C(C[n+]3ccc(N)n4nccc43)C(c3csc(N)n3)S[C@@H]12. The van der Waals surface area contributed by atoms with E-state index in [1.165, 1.54) is 4.52 Å². The van der Waals surface area contributed by atoms with Crippen LogP contribution in [0.15, 0.2) is 46.3 Å². The number of anilines is 2. The highest BCUT2D eigenvalue weighted by molar-refractivity contribution is 8.00. The van der Waals surface area contributed by atoms with Crippen molar-refractivity contribution < 1.29 is 33.3 Å². The molecule has 0 aliphatic carbocycles. The van der Waals surface area contributed by atoms with Crippen LogP contribution in [0.1, 0.15) is 10.9 Å². The van der Waals surface area contributed by atoms with Crippen LogP contribution in [0, 0.1) is 0 Å². The zero-order valence-corrected chi connectivity index (χ0v) is 20.5. The van der Waals surface area contributed by atoms with Gasteiger partial charge in [0.15, 0.2) is 5.13 Å². The van der Waals surface area contributed by atoms with Gasteiger partial charge in [0.25, 0.3) is 5.91 Å². The third-order valence-corrected chi connectivity index (χ3v) is 8.01. The fourth-order valence-electron chi connectivity index (χ4n) is 4.20. The Morgan fingerprint density at radius 3 is 2.84 bits per heavy atom. The number of hydrogen-bond acceptors (Lipinski definition) is 12. The number of oxime groups is 1. The van der Waals surface area contributed by atoms with E-state index in [2.05, 4.69) is 25.4 Å². The number of carboxylic acids is 1. The molecule has 37 heavy (non-hydrogen) atoms. The lowest BCUT2D eigenvalue weighted by Gasteiger charge is -2.52. The van der Waals surface area contributed by atoms with E-state index in [0.29, 0.717) is 22.7 Å². The molecule has 1 saturated heterocycles. The molecule has 0 radical (unpaired) electrons. The van der Waals surface area contributed by atoms with Crippen LogP contribution in [0.3, 0.4) is 0 Å². The summed E-state index contributed by atoms with van der Waals surface area (Å²) in [6.45, 7) is 0.0105. The first-order valence-corrected chi connectivity index (χ1v) is 12.4. The number of carbonyl (C=O) groups excluding carboxylic acids is 3. The van der Waals surface area contributed by atoms with Crippen molar-refractivity contribution >= 4 is 63.4 Å². The molecule has 0 saturated carbocycles. The number of nitrogens with two attached hydrogens (primary N) is 2. The van der Waals surface area contributed by atoms with Gasteiger partial charge in [-0.3, -0.25) is 14.5 Å². The normalized spacial score (nSPS) is 21.6. The number of carboxylic acid groups (broad SMARTS) is 1. The van der Waals surface area contributed by atoms with Gasteiger partial charge in [0.05, 0.1) is 41.1 Å². The number of rotatable bonds is 7. The summed E-state index contributed by atoms with van der Waals surface area (Å²) in [6.07, 6.45) is 3.20. The van der Waals surface area contributed by atoms with Crippen LogP contribution in [0.2, 0.25) is 0 Å². The Hall–Kier alpha value is -4.25. The molecule has 1 fully saturated rings. The van der Waals surface area contributed by atoms with Gasteiger partial charge in [0, 0.05) is 17.0 Å². The van der Waals surface area contributed by atoms with Gasteiger partial charge in [-0.25, -0.2) is 9.55 Å². The molecule has 0 bridgehead atoms. The summed E-state index contributed by atoms with van der Waals surface area (Å²) in [5.74, 6) is -4.74. The summed E-state index contributed by atoms with van der Waals surface area (Å²) in [7, 11) is 1.06. The zero-order valence-electron chi connectivity index (χ0n) is 18.9. The van der Waals surface area contributed by atoms with Crippen molar-refractivity contribution in [3.05, 3.63) is 46.9 Å². The summed E-state index contributed by atoms with van der Waals surface area (Å²) in [6, 6.07) is 2.07. The summed E-state index contributed by atoms with van der Waals surface area (Å²) in [5, 5.41) is 22.1. The zero-order chi connectivity index (χ0) is 26.4. The van der Waals surface area contributed by atoms with E-state index in [4.69, 9.17) is 11.5 Å². The molecule has 2 unspecified atom stereocenters. The van der Waals surface area contributed by atoms with E-state index in [9.17, 15) is 23.9 Å². The van der Waals surface area contributed by atoms with E-state index in [0.717, 1.165) is 35.1 Å². The number of thiazole rings is 1. The van der Waals surface area contributed by atoms with E-state index >= 15 is 0 Å². The number of carbonyl (C=O) groups is 3. The predicted molar refractivity (Wildman–Crippen MR) is 127 cm³/mol. The second-order valence-electron chi connectivity index (χ2n) is 7.87. The third kappa shape index (κ3) is 4.10. The quantitative estimate of drug-likeness (QED) is 0.133. The number of halogens is 1. The summed E-state index contributed by atoms with van der Waals surface area (Å²) in [4.78, 5) is 47.1. The maximum atomic E-state index is 13.8. The van der Waals surface area contributed by atoms with Crippen LogP contribution < -0.4 is 26.5 Å². The van der Waals surface area contributed by atoms with Crippen molar-refractivity contribution in [3.8, 4) is 0 Å². The van der Waals surface area contributed by atoms with Crippen molar-refractivity contribution in [1.82, 2.24) is 24.8 Å². The molecule has 0 spiro atoms. The van der Waals surface area contributed by atoms with Crippen LogP contribution in [-0.4, -0.2) is 61.8 Å². The van der Waals surface area contributed by atoms with Gasteiger partial charge in [-0.2, -0.15) is 4.39 Å². The summed E-state index contributed by atoms with van der Waals surface area (Å²) in [5.41, 5.74) is 12.8. The Bertz CT molecular complexity index is 1500. The van der Waals surface area contributed by atoms with E-state index in [-0.39, 0.29) is 17.4 Å². The molecule has 5 rings (SSSR count). The standard InChI is InChI=1S/C20H18FN9O5S2/c1-35-27-15(21)16(31)26-12-17(32)29-13(19(33)34)8(14(37-18(12)29)9-7-36-20(23)25-9)6-28-5-3-10(22)30-11(28)2-4-24-30/h2-5,7,12,14,18,22H,6H2,1H3,(H4,23,25,26,31,33,34)/t12?,14?,18-/m0/s1. The lowest BCUT2D eigenvalue weighted by molar-refractivity contribution is -0.666. The molecule has 3 aromatic rings. The number of aromatic nitrogens is 4. The highest BCUT2D eigenvalue weighted by atomic mass is 32.2. The van der Waals surface area contributed by atoms with Gasteiger partial charge in [-0.05, 0) is 5.16 Å². The highest BCUT2D eigenvalue weighted by Gasteiger charge is 2.56. The minimum atomic E-state index is -1.60. The molecule has 3 atom stereocenters. The minimum absolute atomic E-state index is 0.0105. The van der Waals surface area contributed by atoms with Gasteiger partial charge in [0.1, 0.15) is 25.1 Å². The number of nitrogens with one attached hydrogen (secondary N) is 1. The van der Waals surface area contributed by atoms with Gasteiger partial charge in [-0.1, -0.05) is 9.61 Å². The van der Waals surface area contributed by atoms with Crippen molar-refractivity contribution in [1.29, 1.82) is 0 Å². The van der Waals surface area contributed by atoms with E-state index < -0.39 is 40.4 Å². The number of β-lactam (4-membered cyclic amide) rings is 1. The number of fused-ring (bicyclic) bond motifs is 2.